The van der Waals surface area contributed by atoms with Crippen molar-refractivity contribution in [3.05, 3.63) is 0 Å². The van der Waals surface area contributed by atoms with Crippen LogP contribution in [-0.2, 0) is 14.3 Å². The summed E-state index contributed by atoms with van der Waals surface area (Å²) in [5.74, 6) is -0.666. The molecule has 0 bridgehead atoms. The molecule has 0 aliphatic carbocycles. The third-order valence-corrected chi connectivity index (χ3v) is 3.87. The third kappa shape index (κ3) is 3.91. The Bertz CT molecular complexity index is 348. The van der Waals surface area contributed by atoms with Crippen molar-refractivity contribution in [3.63, 3.8) is 0 Å². The summed E-state index contributed by atoms with van der Waals surface area (Å²) in [5, 5.41) is 11.7. The summed E-state index contributed by atoms with van der Waals surface area (Å²) >= 11 is 0. The number of nitrogens with zero attached hydrogens (tertiary/aromatic N) is 1. The van der Waals surface area contributed by atoms with Gasteiger partial charge in [0.1, 0.15) is 6.10 Å². The van der Waals surface area contributed by atoms with Crippen LogP contribution in [-0.4, -0.2) is 60.8 Å². The Morgan fingerprint density at radius 3 is 2.68 bits per heavy atom. The molecular weight excluding hydrogens is 248 g/mol. The number of piperidine rings is 1. The second-order valence-electron chi connectivity index (χ2n) is 5.54. The summed E-state index contributed by atoms with van der Waals surface area (Å²) < 4.78 is 5.22. The SMILES string of the molecule is CN1CCCC(CNC(=O)[C@@H]2CC[C@H](C(=O)O)O2)C1. The molecule has 0 saturated carbocycles. The van der Waals surface area contributed by atoms with Gasteiger partial charge in [-0.3, -0.25) is 4.79 Å². The van der Waals surface area contributed by atoms with Crippen LogP contribution in [0.1, 0.15) is 25.7 Å². The van der Waals surface area contributed by atoms with E-state index in [1.807, 2.05) is 0 Å². The van der Waals surface area contributed by atoms with Crippen molar-refractivity contribution >= 4 is 11.9 Å². The molecule has 2 heterocycles. The van der Waals surface area contributed by atoms with Crippen molar-refractivity contribution in [3.8, 4) is 0 Å². The van der Waals surface area contributed by atoms with Crippen LogP contribution in [0.3, 0.4) is 0 Å². The van der Waals surface area contributed by atoms with Crippen molar-refractivity contribution in [2.45, 2.75) is 37.9 Å². The van der Waals surface area contributed by atoms with Crippen LogP contribution in [0, 0.1) is 5.92 Å². The van der Waals surface area contributed by atoms with Gasteiger partial charge < -0.3 is 20.1 Å². The van der Waals surface area contributed by atoms with Crippen LogP contribution < -0.4 is 5.32 Å². The van der Waals surface area contributed by atoms with E-state index in [4.69, 9.17) is 9.84 Å². The summed E-state index contributed by atoms with van der Waals surface area (Å²) in [6.07, 6.45) is 1.79. The molecular formula is C13H22N2O4. The molecule has 1 unspecified atom stereocenters. The van der Waals surface area contributed by atoms with Crippen molar-refractivity contribution in [1.29, 1.82) is 0 Å². The molecule has 6 heteroatoms. The molecule has 2 rings (SSSR count). The lowest BCUT2D eigenvalue weighted by molar-refractivity contribution is -0.151. The van der Waals surface area contributed by atoms with E-state index in [0.717, 1.165) is 25.9 Å². The zero-order chi connectivity index (χ0) is 13.8. The average Bonchev–Trinajstić information content (AvgIpc) is 2.86. The summed E-state index contributed by atoms with van der Waals surface area (Å²) in [5.41, 5.74) is 0. The largest absolute Gasteiger partial charge is 0.479 e. The summed E-state index contributed by atoms with van der Waals surface area (Å²) in [6, 6.07) is 0. The number of hydrogen-bond donors (Lipinski definition) is 2. The van der Waals surface area contributed by atoms with Crippen LogP contribution in [0.15, 0.2) is 0 Å². The molecule has 0 aromatic heterocycles. The van der Waals surface area contributed by atoms with Gasteiger partial charge in [0, 0.05) is 13.1 Å². The molecule has 0 aromatic rings. The number of carboxylic acids is 1. The number of ether oxygens (including phenoxy) is 1. The monoisotopic (exact) mass is 270 g/mol. The minimum Gasteiger partial charge on any atom is -0.479 e. The van der Waals surface area contributed by atoms with Crippen LogP contribution in [0.5, 0.6) is 0 Å². The molecule has 2 aliphatic rings. The molecule has 2 fully saturated rings. The highest BCUT2D eigenvalue weighted by atomic mass is 16.5. The van der Waals surface area contributed by atoms with E-state index in [1.54, 1.807) is 0 Å². The maximum absolute atomic E-state index is 11.9. The van der Waals surface area contributed by atoms with Crippen molar-refractivity contribution in [1.82, 2.24) is 10.2 Å². The van der Waals surface area contributed by atoms with Crippen molar-refractivity contribution in [2.24, 2.45) is 5.92 Å². The van der Waals surface area contributed by atoms with Crippen LogP contribution >= 0.6 is 0 Å². The predicted octanol–water partition coefficient (Wildman–Crippen LogP) is 0.0766. The summed E-state index contributed by atoms with van der Waals surface area (Å²) in [7, 11) is 2.09. The van der Waals surface area contributed by atoms with E-state index < -0.39 is 18.2 Å². The second-order valence-corrected chi connectivity index (χ2v) is 5.54. The molecule has 19 heavy (non-hydrogen) atoms. The molecule has 0 spiro atoms. The number of carbonyl (C=O) groups excluding carboxylic acids is 1. The first-order valence-electron chi connectivity index (χ1n) is 6.91. The Hall–Kier alpha value is -1.14. The number of carboxylic acid groups (broad SMARTS) is 1. The Labute approximate surface area is 113 Å². The molecule has 3 atom stereocenters. The second kappa shape index (κ2) is 6.34. The maximum atomic E-state index is 11.9. The molecule has 0 radical (unpaired) electrons. The number of rotatable bonds is 4. The zero-order valence-electron chi connectivity index (χ0n) is 11.3. The number of amides is 1. The Morgan fingerprint density at radius 2 is 2.05 bits per heavy atom. The van der Waals surface area contributed by atoms with Crippen molar-refractivity contribution in [2.75, 3.05) is 26.7 Å². The first kappa shape index (κ1) is 14.3. The third-order valence-electron chi connectivity index (χ3n) is 3.87. The number of aliphatic carboxylic acids is 1. The lowest BCUT2D eigenvalue weighted by Crippen LogP contribution is -2.42. The fourth-order valence-electron chi connectivity index (χ4n) is 2.81. The van der Waals surface area contributed by atoms with Gasteiger partial charge >= 0.3 is 5.97 Å². The van der Waals surface area contributed by atoms with E-state index in [2.05, 4.69) is 17.3 Å². The van der Waals surface area contributed by atoms with Crippen LogP contribution in [0.25, 0.3) is 0 Å². The Balaban J connectivity index is 1.71. The number of nitrogens with one attached hydrogen (secondary N) is 1. The highest BCUT2D eigenvalue weighted by molar-refractivity contribution is 5.82. The highest BCUT2D eigenvalue weighted by Crippen LogP contribution is 2.20. The topological polar surface area (TPSA) is 78.9 Å². The molecule has 2 N–H and O–H groups in total. The molecule has 1 amide bonds. The molecule has 0 aromatic carbocycles. The average molecular weight is 270 g/mol. The van der Waals surface area contributed by atoms with E-state index in [0.29, 0.717) is 25.3 Å². The Kier molecular flexibility index (Phi) is 4.76. The van der Waals surface area contributed by atoms with Crippen LogP contribution in [0.4, 0.5) is 0 Å². The fourth-order valence-corrected chi connectivity index (χ4v) is 2.81. The standard InChI is InChI=1S/C13H22N2O4/c1-15-6-2-3-9(8-15)7-14-12(16)10-4-5-11(19-10)13(17)18/h9-11H,2-8H2,1H3,(H,14,16)(H,17,18)/t9?,10-,11+/m0/s1. The number of hydrogen-bond acceptors (Lipinski definition) is 4. The van der Waals surface area contributed by atoms with E-state index in [9.17, 15) is 9.59 Å². The molecule has 108 valence electrons. The van der Waals surface area contributed by atoms with Gasteiger partial charge in [-0.1, -0.05) is 0 Å². The lowest BCUT2D eigenvalue weighted by atomic mass is 9.98. The minimum atomic E-state index is -0.982. The van der Waals surface area contributed by atoms with Gasteiger partial charge in [0.15, 0.2) is 6.10 Å². The predicted molar refractivity (Wildman–Crippen MR) is 68.8 cm³/mol. The van der Waals surface area contributed by atoms with E-state index >= 15 is 0 Å². The van der Waals surface area contributed by atoms with Crippen LogP contribution in [0.2, 0.25) is 0 Å². The highest BCUT2D eigenvalue weighted by Gasteiger charge is 2.34. The lowest BCUT2D eigenvalue weighted by Gasteiger charge is -2.29. The first-order valence-corrected chi connectivity index (χ1v) is 6.91. The van der Waals surface area contributed by atoms with Crippen molar-refractivity contribution < 1.29 is 19.4 Å². The zero-order valence-corrected chi connectivity index (χ0v) is 11.3. The molecule has 2 saturated heterocycles. The normalized spacial score (nSPS) is 32.2. The van der Waals surface area contributed by atoms with Gasteiger partial charge in [-0.15, -0.1) is 0 Å². The fraction of sp³-hybridized carbons (Fsp3) is 0.846. The minimum absolute atomic E-state index is 0.169. The quantitative estimate of drug-likeness (QED) is 0.756. The van der Waals surface area contributed by atoms with Gasteiger partial charge in [0.25, 0.3) is 0 Å². The molecule has 2 aliphatic heterocycles. The number of carbonyl (C=O) groups is 2. The maximum Gasteiger partial charge on any atom is 0.332 e. The van der Waals surface area contributed by atoms with Gasteiger partial charge in [0.05, 0.1) is 0 Å². The van der Waals surface area contributed by atoms with E-state index in [1.165, 1.54) is 0 Å². The van der Waals surface area contributed by atoms with E-state index in [-0.39, 0.29) is 5.91 Å². The van der Waals surface area contributed by atoms with Gasteiger partial charge in [-0.25, -0.2) is 4.79 Å². The first-order chi connectivity index (χ1) is 9.06. The number of likely N-dealkylation sites (tertiary alicyclic amines) is 1. The molecule has 6 nitrogen and oxygen atoms in total. The van der Waals surface area contributed by atoms with Gasteiger partial charge in [-0.05, 0) is 45.2 Å². The Morgan fingerprint density at radius 1 is 1.32 bits per heavy atom. The summed E-state index contributed by atoms with van der Waals surface area (Å²) in [4.78, 5) is 24.9. The van der Waals surface area contributed by atoms with Gasteiger partial charge in [0.2, 0.25) is 5.91 Å². The van der Waals surface area contributed by atoms with Gasteiger partial charge in [-0.2, -0.15) is 0 Å². The smallest absolute Gasteiger partial charge is 0.332 e. The summed E-state index contributed by atoms with van der Waals surface area (Å²) in [6.45, 7) is 2.78.